The molecule has 0 aliphatic heterocycles. The van der Waals surface area contributed by atoms with Gasteiger partial charge in [-0.05, 0) is 42.0 Å². The van der Waals surface area contributed by atoms with Crippen LogP contribution >= 0.6 is 11.6 Å². The number of halogens is 1. The van der Waals surface area contributed by atoms with E-state index in [9.17, 15) is 4.79 Å². The molecule has 0 saturated heterocycles. The van der Waals surface area contributed by atoms with Crippen molar-refractivity contribution in [3.05, 3.63) is 89.2 Å². The number of hydrogen-bond donors (Lipinski definition) is 1. The highest BCUT2D eigenvalue weighted by molar-refractivity contribution is 6.33. The zero-order chi connectivity index (χ0) is 20.9. The fourth-order valence-corrected chi connectivity index (χ4v) is 3.08. The Labute approximate surface area is 178 Å². The highest BCUT2D eigenvalue weighted by atomic mass is 35.5. The van der Waals surface area contributed by atoms with Crippen molar-refractivity contribution in [3.63, 3.8) is 0 Å². The van der Waals surface area contributed by atoms with Gasteiger partial charge in [0.05, 0.1) is 17.7 Å². The Balaban J connectivity index is 1.67. The Morgan fingerprint density at radius 1 is 1.10 bits per heavy atom. The number of rotatable bonds is 6. The molecule has 7 nitrogen and oxygen atoms in total. The molecule has 4 rings (SSSR count). The Bertz CT molecular complexity index is 1160. The topological polar surface area (TPSA) is 81.9 Å². The minimum atomic E-state index is -0.375. The molecule has 0 radical (unpaired) electrons. The first kappa shape index (κ1) is 19.6. The van der Waals surface area contributed by atoms with Crippen LogP contribution in [0.3, 0.4) is 0 Å². The number of ether oxygens (including phenoxy) is 1. The van der Waals surface area contributed by atoms with Crippen LogP contribution in [0.15, 0.2) is 73.1 Å². The summed E-state index contributed by atoms with van der Waals surface area (Å²) in [6, 6.07) is 18.1. The van der Waals surface area contributed by atoms with Crippen LogP contribution in [0.1, 0.15) is 15.9 Å². The maximum Gasteiger partial charge on any atom is 0.282 e. The standard InChI is InChI=1S/C22H18ClN5O2/c1-30-17-10-8-15(9-11-17)13-25-22-26-20(16-5-4-12-24-14-16)27-28(22)21(29)18-6-2-3-7-19(18)23/h2-12,14H,13H2,1H3,(H,25,26,27). The van der Waals surface area contributed by atoms with Crippen molar-refractivity contribution in [2.45, 2.75) is 6.54 Å². The van der Waals surface area contributed by atoms with Crippen LogP contribution < -0.4 is 10.1 Å². The van der Waals surface area contributed by atoms with E-state index >= 15 is 0 Å². The molecule has 0 bridgehead atoms. The Morgan fingerprint density at radius 3 is 2.60 bits per heavy atom. The molecular formula is C22H18ClN5O2. The van der Waals surface area contributed by atoms with Gasteiger partial charge in [0.1, 0.15) is 5.75 Å². The van der Waals surface area contributed by atoms with Gasteiger partial charge in [0.25, 0.3) is 5.91 Å². The lowest BCUT2D eigenvalue weighted by Crippen LogP contribution is -2.18. The van der Waals surface area contributed by atoms with E-state index in [-0.39, 0.29) is 5.91 Å². The van der Waals surface area contributed by atoms with Gasteiger partial charge in [0.15, 0.2) is 5.82 Å². The van der Waals surface area contributed by atoms with E-state index < -0.39 is 0 Å². The van der Waals surface area contributed by atoms with Crippen molar-refractivity contribution in [2.24, 2.45) is 0 Å². The fraction of sp³-hybridized carbons (Fsp3) is 0.0909. The lowest BCUT2D eigenvalue weighted by molar-refractivity contribution is 0.0947. The average molecular weight is 420 g/mol. The van der Waals surface area contributed by atoms with Crippen LogP contribution in [0.5, 0.6) is 5.75 Å². The van der Waals surface area contributed by atoms with Crippen molar-refractivity contribution >= 4 is 23.5 Å². The van der Waals surface area contributed by atoms with Crippen molar-refractivity contribution < 1.29 is 9.53 Å². The maximum atomic E-state index is 13.1. The molecule has 0 aliphatic rings. The Hall–Kier alpha value is -3.71. The van der Waals surface area contributed by atoms with E-state index in [0.29, 0.717) is 34.5 Å². The summed E-state index contributed by atoms with van der Waals surface area (Å²) < 4.78 is 6.41. The number of nitrogens with zero attached hydrogens (tertiary/aromatic N) is 4. The van der Waals surface area contributed by atoms with Crippen LogP contribution in [0.2, 0.25) is 5.02 Å². The summed E-state index contributed by atoms with van der Waals surface area (Å²) in [4.78, 5) is 21.7. The van der Waals surface area contributed by atoms with Gasteiger partial charge in [-0.3, -0.25) is 9.78 Å². The molecule has 2 aromatic heterocycles. The van der Waals surface area contributed by atoms with Crippen LogP contribution in [-0.2, 0) is 6.54 Å². The van der Waals surface area contributed by atoms with E-state index in [1.807, 2.05) is 30.3 Å². The molecule has 2 heterocycles. The van der Waals surface area contributed by atoms with Gasteiger partial charge in [0, 0.05) is 24.5 Å². The second-order valence-corrected chi connectivity index (χ2v) is 6.81. The molecule has 0 amide bonds. The maximum absolute atomic E-state index is 13.1. The van der Waals surface area contributed by atoms with E-state index in [0.717, 1.165) is 11.3 Å². The lowest BCUT2D eigenvalue weighted by atomic mass is 10.2. The summed E-state index contributed by atoms with van der Waals surface area (Å²) in [6.45, 7) is 0.449. The molecule has 4 aromatic rings. The summed E-state index contributed by atoms with van der Waals surface area (Å²) in [5.74, 6) is 1.10. The van der Waals surface area contributed by atoms with Gasteiger partial charge in [-0.15, -0.1) is 5.10 Å². The van der Waals surface area contributed by atoms with Crippen LogP contribution in [0, 0.1) is 0 Å². The largest absolute Gasteiger partial charge is 0.497 e. The molecule has 0 fully saturated rings. The Kier molecular flexibility index (Phi) is 5.72. The summed E-state index contributed by atoms with van der Waals surface area (Å²) in [5, 5.41) is 7.95. The highest BCUT2D eigenvalue weighted by Gasteiger charge is 2.20. The second-order valence-electron chi connectivity index (χ2n) is 6.40. The van der Waals surface area contributed by atoms with Crippen molar-refractivity contribution in [1.82, 2.24) is 19.7 Å². The van der Waals surface area contributed by atoms with Crippen LogP contribution in [0.25, 0.3) is 11.4 Å². The number of aromatic nitrogens is 4. The van der Waals surface area contributed by atoms with Crippen LogP contribution in [-0.4, -0.2) is 32.8 Å². The van der Waals surface area contributed by atoms with Gasteiger partial charge in [0.2, 0.25) is 5.95 Å². The smallest absolute Gasteiger partial charge is 0.282 e. The summed E-state index contributed by atoms with van der Waals surface area (Å²) >= 11 is 6.22. The van der Waals surface area contributed by atoms with E-state index in [4.69, 9.17) is 16.3 Å². The van der Waals surface area contributed by atoms with Gasteiger partial charge in [-0.25, -0.2) is 0 Å². The molecule has 1 N–H and O–H groups in total. The van der Waals surface area contributed by atoms with Crippen molar-refractivity contribution in [3.8, 4) is 17.1 Å². The molecule has 0 atom stereocenters. The number of carbonyl (C=O) groups is 1. The first-order valence-corrected chi connectivity index (χ1v) is 9.57. The van der Waals surface area contributed by atoms with Crippen molar-refractivity contribution in [2.75, 3.05) is 12.4 Å². The molecule has 0 unspecified atom stereocenters. The third kappa shape index (κ3) is 4.16. The number of nitrogens with one attached hydrogen (secondary N) is 1. The quantitative estimate of drug-likeness (QED) is 0.501. The minimum absolute atomic E-state index is 0.314. The molecule has 0 saturated carbocycles. The predicted molar refractivity (Wildman–Crippen MR) is 115 cm³/mol. The van der Waals surface area contributed by atoms with Gasteiger partial charge < -0.3 is 10.1 Å². The monoisotopic (exact) mass is 419 g/mol. The van der Waals surface area contributed by atoms with Gasteiger partial charge >= 0.3 is 0 Å². The number of methoxy groups -OCH3 is 1. The predicted octanol–water partition coefficient (Wildman–Crippen LogP) is 4.30. The fourth-order valence-electron chi connectivity index (χ4n) is 2.86. The molecule has 0 spiro atoms. The molecule has 2 aromatic carbocycles. The Morgan fingerprint density at radius 2 is 1.90 bits per heavy atom. The number of carbonyl (C=O) groups excluding carboxylic acids is 1. The van der Waals surface area contributed by atoms with E-state index in [1.165, 1.54) is 4.68 Å². The third-order valence-electron chi connectivity index (χ3n) is 4.43. The normalized spacial score (nSPS) is 10.6. The number of hydrogen-bond acceptors (Lipinski definition) is 6. The minimum Gasteiger partial charge on any atom is -0.497 e. The van der Waals surface area contributed by atoms with Gasteiger partial charge in [-0.1, -0.05) is 35.9 Å². The summed E-state index contributed by atoms with van der Waals surface area (Å²) in [6.07, 6.45) is 3.31. The third-order valence-corrected chi connectivity index (χ3v) is 4.76. The lowest BCUT2D eigenvalue weighted by Gasteiger charge is -2.08. The summed E-state index contributed by atoms with van der Waals surface area (Å²) in [5.41, 5.74) is 2.04. The van der Waals surface area contributed by atoms with Crippen LogP contribution in [0.4, 0.5) is 5.95 Å². The SMILES string of the molecule is COc1ccc(CNc2nc(-c3cccnc3)nn2C(=O)c2ccccc2Cl)cc1. The molecule has 150 valence electrons. The van der Waals surface area contributed by atoms with E-state index in [2.05, 4.69) is 20.4 Å². The average Bonchev–Trinajstić information content (AvgIpc) is 3.23. The molecule has 0 aliphatic carbocycles. The number of benzene rings is 2. The second kappa shape index (κ2) is 8.75. The van der Waals surface area contributed by atoms with Gasteiger partial charge in [-0.2, -0.15) is 9.67 Å². The first-order chi connectivity index (χ1) is 14.7. The van der Waals surface area contributed by atoms with E-state index in [1.54, 1.807) is 49.8 Å². The molecule has 30 heavy (non-hydrogen) atoms. The summed E-state index contributed by atoms with van der Waals surface area (Å²) in [7, 11) is 1.62. The number of anilines is 1. The first-order valence-electron chi connectivity index (χ1n) is 9.19. The zero-order valence-electron chi connectivity index (χ0n) is 16.1. The van der Waals surface area contributed by atoms with Crippen molar-refractivity contribution in [1.29, 1.82) is 0 Å². The molecular weight excluding hydrogens is 402 g/mol. The number of pyridine rings is 1. The zero-order valence-corrected chi connectivity index (χ0v) is 16.9. The highest BCUT2D eigenvalue weighted by Crippen LogP contribution is 2.22. The molecule has 8 heteroatoms.